The van der Waals surface area contributed by atoms with Gasteiger partial charge in [0.1, 0.15) is 11.3 Å². The van der Waals surface area contributed by atoms with Crippen LogP contribution in [0.5, 0.6) is 0 Å². The van der Waals surface area contributed by atoms with Crippen LogP contribution in [0.2, 0.25) is 0 Å². The van der Waals surface area contributed by atoms with E-state index in [0.29, 0.717) is 11.7 Å². The lowest BCUT2D eigenvalue weighted by Crippen LogP contribution is -2.09. The Hall–Kier alpha value is -0.0500. The van der Waals surface area contributed by atoms with Crippen LogP contribution < -0.4 is 0 Å². The Morgan fingerprint density at radius 1 is 1.77 bits per heavy atom. The van der Waals surface area contributed by atoms with Gasteiger partial charge in [0.05, 0.1) is 11.8 Å². The summed E-state index contributed by atoms with van der Waals surface area (Å²) in [5.41, 5.74) is 0. The van der Waals surface area contributed by atoms with Crippen molar-refractivity contribution in [2.45, 2.75) is 5.38 Å². The first kappa shape index (κ1) is 12.9. The quantitative estimate of drug-likeness (QED) is 0.401. The molecule has 0 spiro atoms. The minimum Gasteiger partial charge on any atom is -0.454 e. The molecule has 0 heterocycles. The van der Waals surface area contributed by atoms with E-state index in [4.69, 9.17) is 21.6 Å². The minimum absolute atomic E-state index is 0.255. The fraction of sp³-hybridized carbons (Fsp3) is 0.714. The Labute approximate surface area is 91.1 Å². The predicted molar refractivity (Wildman–Crippen MR) is 57.1 cm³/mol. The molecule has 6 heteroatoms. The number of ether oxygens (including phenoxy) is 1. The summed E-state index contributed by atoms with van der Waals surface area (Å²) in [6, 6.07) is 1.87. The van der Waals surface area contributed by atoms with Crippen molar-refractivity contribution < 1.29 is 9.53 Å². The summed E-state index contributed by atoms with van der Waals surface area (Å²) in [7, 11) is 0. The van der Waals surface area contributed by atoms with E-state index in [1.165, 1.54) is 23.5 Å². The first-order valence-corrected chi connectivity index (χ1v) is 6.45. The summed E-state index contributed by atoms with van der Waals surface area (Å²) in [6.07, 6.45) is 1.85. The van der Waals surface area contributed by atoms with Crippen LogP contribution >= 0.6 is 35.1 Å². The molecule has 0 aromatic rings. The third-order valence-corrected chi connectivity index (χ3v) is 2.76. The predicted octanol–water partition coefficient (Wildman–Crippen LogP) is 1.71. The molecule has 0 rings (SSSR count). The molecule has 0 aromatic heterocycles. The molecule has 0 fully saturated rings. The van der Waals surface area contributed by atoms with Crippen LogP contribution in [0.3, 0.4) is 0 Å². The van der Waals surface area contributed by atoms with Crippen molar-refractivity contribution in [3.05, 3.63) is 0 Å². The maximum Gasteiger partial charge on any atom is 0.316 e. The highest BCUT2D eigenvalue weighted by atomic mass is 35.5. The average Bonchev–Trinajstić information content (AvgIpc) is 2.14. The number of thioether (sulfide) groups is 2. The topological polar surface area (TPSA) is 50.1 Å². The van der Waals surface area contributed by atoms with E-state index in [2.05, 4.69) is 0 Å². The Morgan fingerprint density at radius 3 is 3.00 bits per heavy atom. The fourth-order valence-electron chi connectivity index (χ4n) is 0.449. The number of carbonyl (C=O) groups is 1. The third-order valence-electron chi connectivity index (χ3n) is 0.962. The van der Waals surface area contributed by atoms with Gasteiger partial charge in [0.15, 0.2) is 0 Å². The fourth-order valence-corrected chi connectivity index (χ4v) is 1.62. The standard InChI is InChI=1S/C7H10ClNO2S2/c1-12-5-11-7(10)4-13-3-6(8)2-9/h6H,3-5H2,1H3. The van der Waals surface area contributed by atoms with Crippen LogP contribution in [-0.4, -0.2) is 35.0 Å². The lowest BCUT2D eigenvalue weighted by atomic mass is 10.5. The Kier molecular flexibility index (Phi) is 8.51. The summed E-state index contributed by atoms with van der Waals surface area (Å²) in [4.78, 5) is 10.9. The van der Waals surface area contributed by atoms with Crippen molar-refractivity contribution in [1.29, 1.82) is 5.26 Å². The number of esters is 1. The van der Waals surface area contributed by atoms with Crippen molar-refractivity contribution in [3.63, 3.8) is 0 Å². The van der Waals surface area contributed by atoms with E-state index < -0.39 is 5.38 Å². The molecule has 0 saturated heterocycles. The van der Waals surface area contributed by atoms with E-state index in [0.717, 1.165) is 0 Å². The summed E-state index contributed by atoms with van der Waals surface area (Å²) in [5, 5.41) is 7.80. The molecule has 74 valence electrons. The van der Waals surface area contributed by atoms with E-state index in [9.17, 15) is 4.79 Å². The third kappa shape index (κ3) is 8.28. The number of hydrogen-bond donors (Lipinski definition) is 0. The van der Waals surface area contributed by atoms with Gasteiger partial charge in [0.2, 0.25) is 0 Å². The highest BCUT2D eigenvalue weighted by Crippen LogP contribution is 2.08. The lowest BCUT2D eigenvalue weighted by Gasteiger charge is -2.02. The van der Waals surface area contributed by atoms with Crippen LogP contribution in [-0.2, 0) is 9.53 Å². The Morgan fingerprint density at radius 2 is 2.46 bits per heavy atom. The summed E-state index contributed by atoms with van der Waals surface area (Å²) < 4.78 is 4.78. The zero-order valence-electron chi connectivity index (χ0n) is 7.16. The molecule has 3 nitrogen and oxygen atoms in total. The van der Waals surface area contributed by atoms with Crippen molar-refractivity contribution in [2.24, 2.45) is 0 Å². The molecule has 1 unspecified atom stereocenters. The van der Waals surface area contributed by atoms with Gasteiger partial charge in [0.25, 0.3) is 0 Å². The molecule has 0 aliphatic heterocycles. The van der Waals surface area contributed by atoms with E-state index in [-0.39, 0.29) is 11.7 Å². The SMILES string of the molecule is CSCOC(=O)CSCC(Cl)C#N. The monoisotopic (exact) mass is 239 g/mol. The van der Waals surface area contributed by atoms with Crippen molar-refractivity contribution in [1.82, 2.24) is 0 Å². The summed E-state index contributed by atoms with van der Waals surface area (Å²) >= 11 is 8.26. The van der Waals surface area contributed by atoms with Crippen molar-refractivity contribution >= 4 is 41.1 Å². The van der Waals surface area contributed by atoms with Gasteiger partial charge < -0.3 is 4.74 Å². The molecule has 0 aliphatic rings. The Bertz CT molecular complexity index is 195. The second-order valence-electron chi connectivity index (χ2n) is 2.03. The molecule has 1 atom stereocenters. The summed E-state index contributed by atoms with van der Waals surface area (Å²) in [5.74, 6) is 0.820. The van der Waals surface area contributed by atoms with Crippen LogP contribution in [0.4, 0.5) is 0 Å². The van der Waals surface area contributed by atoms with Gasteiger partial charge >= 0.3 is 5.97 Å². The second-order valence-corrected chi connectivity index (χ2v) is 4.40. The normalized spacial score (nSPS) is 11.8. The number of halogens is 1. The molecule has 0 aromatic carbocycles. The molecular formula is C7H10ClNO2S2. The lowest BCUT2D eigenvalue weighted by molar-refractivity contribution is -0.138. The van der Waals surface area contributed by atoms with Gasteiger partial charge in [-0.2, -0.15) is 5.26 Å². The van der Waals surface area contributed by atoms with Gasteiger partial charge in [-0.3, -0.25) is 4.79 Å². The molecular weight excluding hydrogens is 230 g/mol. The largest absolute Gasteiger partial charge is 0.454 e. The first-order valence-electron chi connectivity index (χ1n) is 3.46. The maximum absolute atomic E-state index is 10.9. The van der Waals surface area contributed by atoms with Gasteiger partial charge in [-0.15, -0.1) is 35.1 Å². The number of hydrogen-bond acceptors (Lipinski definition) is 5. The highest BCUT2D eigenvalue weighted by molar-refractivity contribution is 8.00. The van der Waals surface area contributed by atoms with Crippen LogP contribution in [0, 0.1) is 11.3 Å². The number of carbonyl (C=O) groups excluding carboxylic acids is 1. The van der Waals surface area contributed by atoms with Crippen molar-refractivity contribution in [3.8, 4) is 6.07 Å². The summed E-state index contributed by atoms with van der Waals surface area (Å²) in [6.45, 7) is 0. The molecule has 13 heavy (non-hydrogen) atoms. The van der Waals surface area contributed by atoms with E-state index in [1.54, 1.807) is 0 Å². The van der Waals surface area contributed by atoms with Gasteiger partial charge in [-0.25, -0.2) is 0 Å². The number of alkyl halides is 1. The zero-order valence-corrected chi connectivity index (χ0v) is 9.55. The van der Waals surface area contributed by atoms with Crippen molar-refractivity contribution in [2.75, 3.05) is 23.7 Å². The van der Waals surface area contributed by atoms with Gasteiger partial charge in [-0.1, -0.05) is 0 Å². The molecule has 0 amide bonds. The number of nitrogens with zero attached hydrogens (tertiary/aromatic N) is 1. The van der Waals surface area contributed by atoms with E-state index in [1.807, 2.05) is 12.3 Å². The van der Waals surface area contributed by atoms with E-state index >= 15 is 0 Å². The Balaban J connectivity index is 3.33. The van der Waals surface area contributed by atoms with Gasteiger partial charge in [-0.05, 0) is 6.26 Å². The molecule has 0 saturated carbocycles. The second kappa shape index (κ2) is 8.54. The smallest absolute Gasteiger partial charge is 0.316 e. The van der Waals surface area contributed by atoms with Crippen LogP contribution in [0.1, 0.15) is 0 Å². The molecule has 0 N–H and O–H groups in total. The minimum atomic E-state index is -0.529. The maximum atomic E-state index is 10.9. The first-order chi connectivity index (χ1) is 6.20. The molecule has 0 aliphatic carbocycles. The molecule has 0 bridgehead atoms. The van der Waals surface area contributed by atoms with Crippen LogP contribution in [0.15, 0.2) is 0 Å². The number of rotatable bonds is 6. The average molecular weight is 240 g/mol. The van der Waals surface area contributed by atoms with Gasteiger partial charge in [0, 0.05) is 5.75 Å². The highest BCUT2D eigenvalue weighted by Gasteiger charge is 2.06. The number of nitriles is 1. The molecule has 0 radical (unpaired) electrons. The van der Waals surface area contributed by atoms with Crippen LogP contribution in [0.25, 0.3) is 0 Å². The zero-order chi connectivity index (χ0) is 10.1.